The summed E-state index contributed by atoms with van der Waals surface area (Å²) in [6.07, 6.45) is -4.28. The summed E-state index contributed by atoms with van der Waals surface area (Å²) >= 11 is 0. The molecule has 0 atom stereocenters. The fourth-order valence-corrected chi connectivity index (χ4v) is 0.735. The number of pyridine rings is 1. The number of nitrogens with one attached hydrogen (secondary N) is 1. The molecule has 3 N–H and O–H groups in total. The fraction of sp³-hybridized carbons (Fsp3) is 0.167. The standard InChI is InChI=1S/C6H5F4N3/c7-4-2-12-5(13-11)1-3(4)6(8,9)10/h1-2H,11H2,(H,12,13). The number of nitrogen functional groups attached to an aromatic ring is 1. The Labute approximate surface area is 70.5 Å². The third kappa shape index (κ3) is 2.05. The van der Waals surface area contributed by atoms with E-state index in [2.05, 4.69) is 4.98 Å². The summed E-state index contributed by atoms with van der Waals surface area (Å²) < 4.78 is 48.6. The van der Waals surface area contributed by atoms with Crippen LogP contribution in [0.15, 0.2) is 12.3 Å². The lowest BCUT2D eigenvalue weighted by Gasteiger charge is -2.08. The molecule has 0 aliphatic carbocycles. The molecule has 7 heteroatoms. The first-order valence-electron chi connectivity index (χ1n) is 3.14. The Morgan fingerprint density at radius 2 is 2.00 bits per heavy atom. The predicted octanol–water partition coefficient (Wildman–Crippen LogP) is 1.53. The first-order valence-corrected chi connectivity index (χ1v) is 3.14. The lowest BCUT2D eigenvalue weighted by atomic mass is 10.2. The molecule has 1 aromatic rings. The second kappa shape index (κ2) is 3.17. The van der Waals surface area contributed by atoms with Crippen LogP contribution in [0.25, 0.3) is 0 Å². The van der Waals surface area contributed by atoms with Crippen LogP contribution < -0.4 is 11.3 Å². The maximum absolute atomic E-state index is 12.6. The molecule has 1 rings (SSSR count). The number of anilines is 1. The molecule has 0 unspecified atom stereocenters. The summed E-state index contributed by atoms with van der Waals surface area (Å²) in [6, 6.07) is 0.495. The van der Waals surface area contributed by atoms with Gasteiger partial charge in [0.2, 0.25) is 0 Å². The molecule has 0 bridgehead atoms. The Morgan fingerprint density at radius 1 is 1.38 bits per heavy atom. The van der Waals surface area contributed by atoms with Gasteiger partial charge in [-0.05, 0) is 6.07 Å². The number of alkyl halides is 3. The SMILES string of the molecule is NNc1cc(C(F)(F)F)c(F)cn1. The van der Waals surface area contributed by atoms with E-state index in [1.165, 1.54) is 0 Å². The molecule has 0 radical (unpaired) electrons. The van der Waals surface area contributed by atoms with Crippen molar-refractivity contribution in [3.63, 3.8) is 0 Å². The Kier molecular flexibility index (Phi) is 2.37. The Hall–Kier alpha value is -1.37. The smallest absolute Gasteiger partial charge is 0.308 e. The summed E-state index contributed by atoms with van der Waals surface area (Å²) in [5, 5.41) is 0. The van der Waals surface area contributed by atoms with Crippen LogP contribution in [0.2, 0.25) is 0 Å². The number of nitrogens with two attached hydrogens (primary N) is 1. The highest BCUT2D eigenvalue weighted by molar-refractivity contribution is 5.37. The minimum absolute atomic E-state index is 0.242. The summed E-state index contributed by atoms with van der Waals surface area (Å²) in [5.74, 6) is 3.14. The van der Waals surface area contributed by atoms with Gasteiger partial charge in [0.15, 0.2) is 5.82 Å². The summed E-state index contributed by atoms with van der Waals surface area (Å²) in [6.45, 7) is 0. The van der Waals surface area contributed by atoms with Crippen molar-refractivity contribution in [3.05, 3.63) is 23.6 Å². The minimum Gasteiger partial charge on any atom is -0.308 e. The monoisotopic (exact) mass is 195 g/mol. The van der Waals surface area contributed by atoms with Gasteiger partial charge in [-0.3, -0.25) is 0 Å². The van der Waals surface area contributed by atoms with E-state index in [-0.39, 0.29) is 5.82 Å². The molecule has 0 aliphatic heterocycles. The third-order valence-electron chi connectivity index (χ3n) is 1.31. The number of hydrogen-bond acceptors (Lipinski definition) is 3. The first-order chi connectivity index (χ1) is 5.95. The van der Waals surface area contributed by atoms with Crippen LogP contribution in [-0.4, -0.2) is 4.98 Å². The highest BCUT2D eigenvalue weighted by Gasteiger charge is 2.34. The molecule has 72 valence electrons. The summed E-state index contributed by atoms with van der Waals surface area (Å²) in [5.41, 5.74) is 0.496. The number of rotatable bonds is 1. The molecular formula is C6H5F4N3. The Bertz CT molecular complexity index is 309. The van der Waals surface area contributed by atoms with Gasteiger partial charge < -0.3 is 5.43 Å². The van der Waals surface area contributed by atoms with Crippen LogP contribution in [0.4, 0.5) is 23.4 Å². The van der Waals surface area contributed by atoms with Crippen LogP contribution in [-0.2, 0) is 6.18 Å². The van der Waals surface area contributed by atoms with Crippen molar-refractivity contribution in [1.29, 1.82) is 0 Å². The Morgan fingerprint density at radius 3 is 2.46 bits per heavy atom. The van der Waals surface area contributed by atoms with Gasteiger partial charge in [-0.25, -0.2) is 15.2 Å². The van der Waals surface area contributed by atoms with E-state index in [1.54, 1.807) is 0 Å². The van der Waals surface area contributed by atoms with Gasteiger partial charge in [0.1, 0.15) is 5.82 Å². The highest BCUT2D eigenvalue weighted by Crippen LogP contribution is 2.31. The highest BCUT2D eigenvalue weighted by atomic mass is 19.4. The molecule has 0 aromatic carbocycles. The average Bonchev–Trinajstić information content (AvgIpc) is 2.03. The van der Waals surface area contributed by atoms with Crippen molar-refractivity contribution < 1.29 is 17.6 Å². The molecule has 0 aliphatic rings. The van der Waals surface area contributed by atoms with Crippen molar-refractivity contribution in [3.8, 4) is 0 Å². The lowest BCUT2D eigenvalue weighted by molar-refractivity contribution is -0.140. The number of nitrogens with zero attached hydrogens (tertiary/aromatic N) is 1. The predicted molar refractivity (Wildman–Crippen MR) is 37.0 cm³/mol. The average molecular weight is 195 g/mol. The lowest BCUT2D eigenvalue weighted by Crippen LogP contribution is -2.13. The maximum Gasteiger partial charge on any atom is 0.419 e. The van der Waals surface area contributed by atoms with Crippen molar-refractivity contribution >= 4 is 5.82 Å². The van der Waals surface area contributed by atoms with Gasteiger partial charge in [-0.15, -0.1) is 0 Å². The molecule has 0 amide bonds. The van der Waals surface area contributed by atoms with Gasteiger partial charge >= 0.3 is 6.18 Å². The van der Waals surface area contributed by atoms with Crippen LogP contribution >= 0.6 is 0 Å². The third-order valence-corrected chi connectivity index (χ3v) is 1.31. The number of aromatic nitrogens is 1. The van der Waals surface area contributed by atoms with Crippen molar-refractivity contribution in [2.75, 3.05) is 5.43 Å². The largest absolute Gasteiger partial charge is 0.419 e. The molecular weight excluding hydrogens is 190 g/mol. The number of hydrogen-bond donors (Lipinski definition) is 2. The summed E-state index contributed by atoms with van der Waals surface area (Å²) in [7, 11) is 0. The van der Waals surface area contributed by atoms with Crippen molar-refractivity contribution in [2.45, 2.75) is 6.18 Å². The molecule has 1 aromatic heterocycles. The zero-order chi connectivity index (χ0) is 10.1. The normalized spacial score (nSPS) is 11.5. The van der Waals surface area contributed by atoms with Gasteiger partial charge in [0.05, 0.1) is 11.8 Å². The quantitative estimate of drug-likeness (QED) is 0.406. The molecule has 0 spiro atoms. The van der Waals surface area contributed by atoms with Crippen LogP contribution in [0.5, 0.6) is 0 Å². The molecule has 13 heavy (non-hydrogen) atoms. The van der Waals surface area contributed by atoms with E-state index in [1.807, 2.05) is 5.43 Å². The zero-order valence-electron chi connectivity index (χ0n) is 6.19. The van der Waals surface area contributed by atoms with E-state index < -0.39 is 17.6 Å². The fourth-order valence-electron chi connectivity index (χ4n) is 0.735. The van der Waals surface area contributed by atoms with Crippen LogP contribution in [0.1, 0.15) is 5.56 Å². The second-order valence-corrected chi connectivity index (χ2v) is 2.19. The van der Waals surface area contributed by atoms with Gasteiger partial charge in [0, 0.05) is 0 Å². The topological polar surface area (TPSA) is 50.9 Å². The van der Waals surface area contributed by atoms with E-state index in [0.29, 0.717) is 12.3 Å². The van der Waals surface area contributed by atoms with Crippen molar-refractivity contribution in [2.24, 2.45) is 5.84 Å². The van der Waals surface area contributed by atoms with Gasteiger partial charge in [-0.1, -0.05) is 0 Å². The van der Waals surface area contributed by atoms with Crippen LogP contribution in [0, 0.1) is 5.82 Å². The molecule has 0 fully saturated rings. The van der Waals surface area contributed by atoms with Crippen LogP contribution in [0.3, 0.4) is 0 Å². The second-order valence-electron chi connectivity index (χ2n) is 2.19. The van der Waals surface area contributed by atoms with E-state index in [9.17, 15) is 17.6 Å². The first kappa shape index (κ1) is 9.72. The molecule has 3 nitrogen and oxygen atoms in total. The van der Waals surface area contributed by atoms with Gasteiger partial charge in [-0.2, -0.15) is 13.2 Å². The van der Waals surface area contributed by atoms with E-state index in [4.69, 9.17) is 5.84 Å². The number of halogens is 4. The van der Waals surface area contributed by atoms with Crippen molar-refractivity contribution in [1.82, 2.24) is 4.98 Å². The van der Waals surface area contributed by atoms with E-state index >= 15 is 0 Å². The minimum atomic E-state index is -4.74. The Balaban J connectivity index is 3.19. The zero-order valence-corrected chi connectivity index (χ0v) is 6.19. The number of hydrazine groups is 1. The maximum atomic E-state index is 12.6. The molecule has 0 saturated heterocycles. The molecule has 1 heterocycles. The van der Waals surface area contributed by atoms with Gasteiger partial charge in [0.25, 0.3) is 0 Å². The van der Waals surface area contributed by atoms with E-state index in [0.717, 1.165) is 0 Å². The summed E-state index contributed by atoms with van der Waals surface area (Å²) in [4.78, 5) is 3.26. The molecule has 0 saturated carbocycles.